The maximum absolute atomic E-state index is 13.4. The van der Waals surface area contributed by atoms with Crippen molar-refractivity contribution in [2.45, 2.75) is 26.1 Å². The number of carbonyl (C=O) groups excluding carboxylic acids is 1. The minimum absolute atomic E-state index is 0.0492. The van der Waals surface area contributed by atoms with Gasteiger partial charge in [0.25, 0.3) is 11.0 Å². The Bertz CT molecular complexity index is 779. The maximum Gasteiger partial charge on any atom is 0.429 e. The van der Waals surface area contributed by atoms with E-state index >= 15 is 0 Å². The highest BCUT2D eigenvalue weighted by molar-refractivity contribution is 6.00. The zero-order chi connectivity index (χ0) is 20.9. The van der Waals surface area contributed by atoms with Crippen molar-refractivity contribution >= 4 is 12.0 Å². The second kappa shape index (κ2) is 8.91. The van der Waals surface area contributed by atoms with Crippen molar-refractivity contribution in [1.29, 1.82) is 0 Å². The summed E-state index contributed by atoms with van der Waals surface area (Å²) in [6.07, 6.45) is -5.97. The molecule has 1 aromatic rings. The van der Waals surface area contributed by atoms with Crippen molar-refractivity contribution < 1.29 is 37.4 Å². The molecule has 154 valence electrons. The van der Waals surface area contributed by atoms with E-state index in [0.717, 1.165) is 5.56 Å². The Hall–Kier alpha value is -2.82. The van der Waals surface area contributed by atoms with Crippen LogP contribution in [0, 0.1) is 24.0 Å². The lowest BCUT2D eigenvalue weighted by Crippen LogP contribution is -2.44. The van der Waals surface area contributed by atoms with E-state index in [2.05, 4.69) is 10.2 Å². The van der Waals surface area contributed by atoms with Crippen LogP contribution in [-0.4, -0.2) is 49.6 Å². The van der Waals surface area contributed by atoms with Crippen LogP contribution < -0.4 is 10.1 Å². The number of nitrogens with one attached hydrogen (secondary N) is 1. The molecule has 0 unspecified atom stereocenters. The van der Waals surface area contributed by atoms with Crippen molar-refractivity contribution in [1.82, 2.24) is 5.32 Å². The van der Waals surface area contributed by atoms with Crippen LogP contribution in [0.3, 0.4) is 0 Å². The van der Waals surface area contributed by atoms with Crippen molar-refractivity contribution in [3.8, 4) is 5.75 Å². The SMILES string of the molecule is Cc1cc(C)c2c(c1)C=C(C(=O)NCCOCCO[N+](=O)[O-])[C@@H](C(F)(F)F)O2. The number of carbonyl (C=O) groups is 1. The second-order valence-electron chi connectivity index (χ2n) is 6.06. The molecule has 1 aliphatic rings. The summed E-state index contributed by atoms with van der Waals surface area (Å²) in [4.78, 5) is 26.3. The summed E-state index contributed by atoms with van der Waals surface area (Å²) >= 11 is 0. The monoisotopic (exact) mass is 404 g/mol. The lowest BCUT2D eigenvalue weighted by molar-refractivity contribution is -0.758. The Morgan fingerprint density at radius 1 is 1.29 bits per heavy atom. The number of alkyl halides is 3. The highest BCUT2D eigenvalue weighted by Crippen LogP contribution is 2.39. The number of ether oxygens (including phenoxy) is 2. The van der Waals surface area contributed by atoms with Crippen molar-refractivity contribution in [3.05, 3.63) is 44.5 Å². The predicted octanol–water partition coefficient (Wildman–Crippen LogP) is 2.35. The predicted molar refractivity (Wildman–Crippen MR) is 91.1 cm³/mol. The summed E-state index contributed by atoms with van der Waals surface area (Å²) in [5, 5.41) is 11.3. The molecule has 0 radical (unpaired) electrons. The summed E-state index contributed by atoms with van der Waals surface area (Å²) in [7, 11) is 0. The lowest BCUT2D eigenvalue weighted by Gasteiger charge is -2.29. The van der Waals surface area contributed by atoms with Gasteiger partial charge < -0.3 is 19.6 Å². The smallest absolute Gasteiger partial charge is 0.429 e. The summed E-state index contributed by atoms with van der Waals surface area (Å²) in [5.74, 6) is -0.837. The zero-order valence-corrected chi connectivity index (χ0v) is 15.2. The van der Waals surface area contributed by atoms with Crippen LogP contribution in [0.1, 0.15) is 16.7 Å². The molecule has 1 heterocycles. The number of rotatable bonds is 8. The molecule has 0 aliphatic carbocycles. The fourth-order valence-electron chi connectivity index (χ4n) is 2.72. The molecule has 0 aromatic heterocycles. The van der Waals surface area contributed by atoms with Crippen LogP contribution in [0.15, 0.2) is 17.7 Å². The summed E-state index contributed by atoms with van der Waals surface area (Å²) < 4.78 is 50.3. The number of hydrogen-bond donors (Lipinski definition) is 1. The van der Waals surface area contributed by atoms with Gasteiger partial charge in [0.05, 0.1) is 18.8 Å². The molecule has 1 N–H and O–H groups in total. The van der Waals surface area contributed by atoms with Crippen molar-refractivity contribution in [2.24, 2.45) is 0 Å². The molecule has 1 aliphatic heterocycles. The van der Waals surface area contributed by atoms with E-state index in [-0.39, 0.29) is 32.1 Å². The van der Waals surface area contributed by atoms with Crippen LogP contribution in [0.4, 0.5) is 13.2 Å². The largest absolute Gasteiger partial charge is 0.475 e. The van der Waals surface area contributed by atoms with E-state index < -0.39 is 28.8 Å². The zero-order valence-electron chi connectivity index (χ0n) is 15.2. The van der Waals surface area contributed by atoms with Crippen LogP contribution in [0.2, 0.25) is 0 Å². The number of halogens is 3. The van der Waals surface area contributed by atoms with Crippen molar-refractivity contribution in [2.75, 3.05) is 26.4 Å². The molecule has 1 atom stereocenters. The summed E-state index contributed by atoms with van der Waals surface area (Å²) in [6, 6.07) is 3.34. The van der Waals surface area contributed by atoms with E-state index in [9.17, 15) is 28.1 Å². The van der Waals surface area contributed by atoms with E-state index in [1.807, 2.05) is 0 Å². The lowest BCUT2D eigenvalue weighted by atomic mass is 9.97. The van der Waals surface area contributed by atoms with Gasteiger partial charge in [-0.25, -0.2) is 0 Å². The number of nitrogens with zero attached hydrogens (tertiary/aromatic N) is 1. The quantitative estimate of drug-likeness (QED) is 0.406. The summed E-state index contributed by atoms with van der Waals surface area (Å²) in [5.41, 5.74) is 1.22. The van der Waals surface area contributed by atoms with Crippen LogP contribution in [0.25, 0.3) is 6.08 Å². The molecule has 0 saturated carbocycles. The number of benzene rings is 1. The highest BCUT2D eigenvalue weighted by Gasteiger charge is 2.48. The third-order valence-corrected chi connectivity index (χ3v) is 3.79. The topological polar surface area (TPSA) is 99.9 Å². The van der Waals surface area contributed by atoms with Gasteiger partial charge in [-0.2, -0.15) is 13.2 Å². The van der Waals surface area contributed by atoms with Gasteiger partial charge in [0.1, 0.15) is 12.4 Å². The van der Waals surface area contributed by atoms with Gasteiger partial charge in [-0.05, 0) is 31.6 Å². The van der Waals surface area contributed by atoms with Gasteiger partial charge >= 0.3 is 6.18 Å². The Balaban J connectivity index is 2.04. The van der Waals surface area contributed by atoms with Gasteiger partial charge in [-0.1, -0.05) is 11.6 Å². The third-order valence-electron chi connectivity index (χ3n) is 3.79. The van der Waals surface area contributed by atoms with Crippen LogP contribution in [0.5, 0.6) is 5.75 Å². The highest BCUT2D eigenvalue weighted by atomic mass is 19.4. The van der Waals surface area contributed by atoms with Crippen LogP contribution >= 0.6 is 0 Å². The molecule has 0 saturated heterocycles. The first-order valence-electron chi connectivity index (χ1n) is 8.29. The fraction of sp³-hybridized carbons (Fsp3) is 0.471. The van der Waals surface area contributed by atoms with E-state index in [1.165, 1.54) is 6.08 Å². The normalized spacial score (nSPS) is 15.9. The van der Waals surface area contributed by atoms with Gasteiger partial charge in [0.15, 0.2) is 0 Å². The van der Waals surface area contributed by atoms with Gasteiger partial charge in [0.2, 0.25) is 6.10 Å². The first-order valence-corrected chi connectivity index (χ1v) is 8.29. The molecule has 28 heavy (non-hydrogen) atoms. The Labute approximate surface area is 158 Å². The van der Waals surface area contributed by atoms with Crippen LogP contribution in [-0.2, 0) is 14.4 Å². The first kappa shape index (κ1) is 21.5. The van der Waals surface area contributed by atoms with Crippen molar-refractivity contribution in [3.63, 3.8) is 0 Å². The van der Waals surface area contributed by atoms with Gasteiger partial charge in [-0.3, -0.25) is 4.79 Å². The molecule has 0 bridgehead atoms. The van der Waals surface area contributed by atoms with E-state index in [0.29, 0.717) is 11.1 Å². The molecule has 1 aromatic carbocycles. The number of aryl methyl sites for hydroxylation is 2. The summed E-state index contributed by atoms with van der Waals surface area (Å²) in [6.45, 7) is 2.91. The molecule has 0 spiro atoms. The van der Waals surface area contributed by atoms with E-state index in [1.54, 1.807) is 26.0 Å². The average Bonchev–Trinajstić information content (AvgIpc) is 2.58. The van der Waals surface area contributed by atoms with Gasteiger partial charge in [0, 0.05) is 12.1 Å². The average molecular weight is 404 g/mol. The molecule has 8 nitrogen and oxygen atoms in total. The molecule has 2 rings (SSSR count). The molecule has 1 amide bonds. The Morgan fingerprint density at radius 3 is 2.64 bits per heavy atom. The molecule has 11 heteroatoms. The number of hydrogen-bond acceptors (Lipinski definition) is 6. The van der Waals surface area contributed by atoms with Gasteiger partial charge in [-0.15, -0.1) is 10.1 Å². The first-order chi connectivity index (χ1) is 13.1. The minimum atomic E-state index is -4.77. The minimum Gasteiger partial charge on any atom is -0.475 e. The standard InChI is InChI=1S/C17H19F3N2O6/c1-10-7-11(2)14-12(8-10)9-13(15(28-14)17(18,19)20)16(23)21-3-4-26-5-6-27-22(24)25/h7-9,15H,3-6H2,1-2H3,(H,21,23)/t15-/m0/s1. The third kappa shape index (κ3) is 5.59. The molecule has 0 fully saturated rings. The second-order valence-corrected chi connectivity index (χ2v) is 6.06. The molecular weight excluding hydrogens is 385 g/mol. The number of amides is 1. The molecular formula is C17H19F3N2O6. The Kier molecular flexibility index (Phi) is 6.84. The fourth-order valence-corrected chi connectivity index (χ4v) is 2.72. The number of fused-ring (bicyclic) bond motifs is 1. The Morgan fingerprint density at radius 2 is 2.00 bits per heavy atom. The maximum atomic E-state index is 13.4. The van der Waals surface area contributed by atoms with E-state index in [4.69, 9.17) is 9.47 Å².